The Morgan fingerprint density at radius 2 is 2.40 bits per heavy atom. The molecule has 0 aliphatic carbocycles. The molecule has 1 saturated heterocycles. The fourth-order valence-corrected chi connectivity index (χ4v) is 2.02. The monoisotopic (exact) mass is 281 g/mol. The highest BCUT2D eigenvalue weighted by atomic mass is 16.5. The molecule has 4 N–H and O–H groups in total. The smallest absolute Gasteiger partial charge is 0.242 e. The predicted molar refractivity (Wildman–Crippen MR) is 72.9 cm³/mol. The number of hydrogen-bond acceptors (Lipinski definition) is 7. The Morgan fingerprint density at radius 1 is 1.60 bits per heavy atom. The summed E-state index contributed by atoms with van der Waals surface area (Å²) in [7, 11) is 0. The quantitative estimate of drug-likeness (QED) is 0.731. The van der Waals surface area contributed by atoms with E-state index in [9.17, 15) is 4.79 Å². The van der Waals surface area contributed by atoms with Gasteiger partial charge in [0.15, 0.2) is 5.82 Å². The number of anilines is 2. The minimum absolute atomic E-state index is 0.250. The van der Waals surface area contributed by atoms with Crippen LogP contribution in [0, 0.1) is 0 Å². The van der Waals surface area contributed by atoms with Gasteiger partial charge >= 0.3 is 0 Å². The molecular weight excluding hydrogens is 262 g/mol. The summed E-state index contributed by atoms with van der Waals surface area (Å²) < 4.78 is 10.6. The van der Waals surface area contributed by atoms with Gasteiger partial charge in [-0.05, 0) is 6.92 Å². The summed E-state index contributed by atoms with van der Waals surface area (Å²) in [5, 5.41) is 0. The summed E-state index contributed by atoms with van der Waals surface area (Å²) in [6.45, 7) is 4.01. The summed E-state index contributed by atoms with van der Waals surface area (Å²) in [6, 6.07) is 1.08. The van der Waals surface area contributed by atoms with Crippen LogP contribution in [0.4, 0.5) is 11.6 Å². The van der Waals surface area contributed by atoms with Crippen molar-refractivity contribution < 1.29 is 14.3 Å². The predicted octanol–water partition coefficient (Wildman–Crippen LogP) is -0.714. The molecule has 8 nitrogen and oxygen atoms in total. The lowest BCUT2D eigenvalue weighted by Crippen LogP contribution is -2.53. The van der Waals surface area contributed by atoms with Crippen molar-refractivity contribution >= 4 is 17.5 Å². The highest BCUT2D eigenvalue weighted by molar-refractivity contribution is 5.83. The molecule has 20 heavy (non-hydrogen) atoms. The van der Waals surface area contributed by atoms with Crippen LogP contribution in [0.5, 0.6) is 0 Å². The lowest BCUT2D eigenvalue weighted by Gasteiger charge is -2.34. The van der Waals surface area contributed by atoms with Crippen LogP contribution in [0.15, 0.2) is 6.07 Å². The number of nitrogens with zero attached hydrogens (tertiary/aromatic N) is 3. The van der Waals surface area contributed by atoms with Crippen LogP contribution in [0.2, 0.25) is 0 Å². The Bertz CT molecular complexity index is 482. The van der Waals surface area contributed by atoms with Crippen molar-refractivity contribution in [3.05, 3.63) is 11.9 Å². The number of carbonyl (C=O) groups is 1. The molecule has 110 valence electrons. The van der Waals surface area contributed by atoms with E-state index in [1.54, 1.807) is 11.0 Å². The van der Waals surface area contributed by atoms with Crippen molar-refractivity contribution in [2.75, 3.05) is 37.0 Å². The molecule has 0 aromatic carbocycles. The van der Waals surface area contributed by atoms with Crippen LogP contribution < -0.4 is 16.4 Å². The fraction of sp³-hybridized carbons (Fsp3) is 0.583. The average molecular weight is 281 g/mol. The van der Waals surface area contributed by atoms with Crippen molar-refractivity contribution in [3.63, 3.8) is 0 Å². The minimum atomic E-state index is -0.544. The maximum Gasteiger partial charge on any atom is 0.242 e. The van der Waals surface area contributed by atoms with Gasteiger partial charge in [-0.1, -0.05) is 0 Å². The number of nitrogens with two attached hydrogens (primary N) is 2. The lowest BCUT2D eigenvalue weighted by atomic mass is 10.2. The number of carbonyl (C=O) groups excluding carboxylic acids is 1. The first-order valence-corrected chi connectivity index (χ1v) is 6.46. The molecule has 2 rings (SSSR count). The molecule has 2 heterocycles. The standard InChI is InChI=1S/C12H19N5O3/c1-2-19-7-10-15-9(13)5-11(16-10)17-3-4-20-6-8(17)12(14)18/h5,8H,2-4,6-7H2,1H3,(H2,14,18)(H2,13,15,16). The number of aromatic nitrogens is 2. The maximum absolute atomic E-state index is 11.5. The number of amides is 1. The largest absolute Gasteiger partial charge is 0.384 e. The van der Waals surface area contributed by atoms with Crippen molar-refractivity contribution in [1.82, 2.24) is 9.97 Å². The van der Waals surface area contributed by atoms with E-state index in [1.165, 1.54) is 0 Å². The van der Waals surface area contributed by atoms with Crippen LogP contribution in [0.3, 0.4) is 0 Å². The van der Waals surface area contributed by atoms with Gasteiger partial charge in [0, 0.05) is 19.2 Å². The Balaban J connectivity index is 2.25. The van der Waals surface area contributed by atoms with E-state index in [0.29, 0.717) is 37.2 Å². The Kier molecular flexibility index (Phi) is 4.70. The van der Waals surface area contributed by atoms with Gasteiger partial charge in [-0.25, -0.2) is 9.97 Å². The molecule has 1 amide bonds. The zero-order valence-electron chi connectivity index (χ0n) is 11.4. The van der Waals surface area contributed by atoms with Crippen LogP contribution in [0.1, 0.15) is 12.7 Å². The van der Waals surface area contributed by atoms with Gasteiger partial charge in [0.05, 0.1) is 13.2 Å². The van der Waals surface area contributed by atoms with E-state index in [4.69, 9.17) is 20.9 Å². The van der Waals surface area contributed by atoms with E-state index in [0.717, 1.165) is 0 Å². The van der Waals surface area contributed by atoms with Crippen LogP contribution in [-0.2, 0) is 20.9 Å². The fourth-order valence-electron chi connectivity index (χ4n) is 2.02. The van der Waals surface area contributed by atoms with Crippen molar-refractivity contribution in [2.24, 2.45) is 5.73 Å². The average Bonchev–Trinajstić information content (AvgIpc) is 2.44. The Morgan fingerprint density at radius 3 is 3.10 bits per heavy atom. The normalized spacial score (nSPS) is 19.1. The molecule has 0 spiro atoms. The van der Waals surface area contributed by atoms with Crippen molar-refractivity contribution in [2.45, 2.75) is 19.6 Å². The van der Waals surface area contributed by atoms with Gasteiger partial charge in [-0.15, -0.1) is 0 Å². The van der Waals surface area contributed by atoms with Crippen LogP contribution in [0.25, 0.3) is 0 Å². The molecule has 1 fully saturated rings. The summed E-state index contributed by atoms with van der Waals surface area (Å²) in [6.07, 6.45) is 0. The Hall–Kier alpha value is -1.93. The third-order valence-corrected chi connectivity index (χ3v) is 2.97. The van der Waals surface area contributed by atoms with E-state index in [2.05, 4.69) is 9.97 Å². The number of primary amides is 1. The molecule has 1 aromatic heterocycles. The highest BCUT2D eigenvalue weighted by Gasteiger charge is 2.29. The summed E-state index contributed by atoms with van der Waals surface area (Å²) in [5.41, 5.74) is 11.2. The number of morpholine rings is 1. The minimum Gasteiger partial charge on any atom is -0.384 e. The Labute approximate surface area is 117 Å². The first-order chi connectivity index (χ1) is 9.61. The number of ether oxygens (including phenoxy) is 2. The molecule has 0 saturated carbocycles. The summed E-state index contributed by atoms with van der Waals surface area (Å²) >= 11 is 0. The maximum atomic E-state index is 11.5. The molecule has 1 aromatic rings. The molecule has 1 unspecified atom stereocenters. The molecule has 0 bridgehead atoms. The topological polar surface area (TPSA) is 117 Å². The molecule has 1 atom stereocenters. The van der Waals surface area contributed by atoms with Crippen LogP contribution >= 0.6 is 0 Å². The second-order valence-electron chi connectivity index (χ2n) is 4.39. The van der Waals surface area contributed by atoms with Crippen LogP contribution in [-0.4, -0.2) is 48.3 Å². The molecule has 0 radical (unpaired) electrons. The number of nitrogen functional groups attached to an aromatic ring is 1. The summed E-state index contributed by atoms with van der Waals surface area (Å²) in [5.74, 6) is 0.934. The van der Waals surface area contributed by atoms with Gasteiger partial charge in [-0.2, -0.15) is 0 Å². The van der Waals surface area contributed by atoms with Gasteiger partial charge in [0.2, 0.25) is 5.91 Å². The first-order valence-electron chi connectivity index (χ1n) is 6.46. The van der Waals surface area contributed by atoms with Gasteiger partial charge in [0.25, 0.3) is 0 Å². The molecular formula is C12H19N5O3. The van der Waals surface area contributed by atoms with Gasteiger partial charge < -0.3 is 25.8 Å². The third-order valence-electron chi connectivity index (χ3n) is 2.97. The zero-order chi connectivity index (χ0) is 14.5. The third kappa shape index (κ3) is 3.34. The number of hydrogen-bond donors (Lipinski definition) is 2. The van der Waals surface area contributed by atoms with Crippen molar-refractivity contribution in [1.29, 1.82) is 0 Å². The van der Waals surface area contributed by atoms with E-state index >= 15 is 0 Å². The molecule has 1 aliphatic heterocycles. The van der Waals surface area contributed by atoms with Gasteiger partial charge in [-0.3, -0.25) is 4.79 Å². The van der Waals surface area contributed by atoms with Gasteiger partial charge in [0.1, 0.15) is 24.3 Å². The van der Waals surface area contributed by atoms with Crippen molar-refractivity contribution in [3.8, 4) is 0 Å². The SMILES string of the molecule is CCOCc1nc(N)cc(N2CCOCC2C(N)=O)n1. The number of rotatable bonds is 5. The highest BCUT2D eigenvalue weighted by Crippen LogP contribution is 2.19. The zero-order valence-corrected chi connectivity index (χ0v) is 11.4. The molecule has 1 aliphatic rings. The second kappa shape index (κ2) is 6.49. The lowest BCUT2D eigenvalue weighted by molar-refractivity contribution is -0.121. The van der Waals surface area contributed by atoms with E-state index in [1.807, 2.05) is 6.92 Å². The first kappa shape index (κ1) is 14.5. The van der Waals surface area contributed by atoms with E-state index < -0.39 is 11.9 Å². The van der Waals surface area contributed by atoms with E-state index in [-0.39, 0.29) is 13.2 Å². The molecule has 8 heteroatoms. The summed E-state index contributed by atoms with van der Waals surface area (Å²) in [4.78, 5) is 21.7. The second-order valence-corrected chi connectivity index (χ2v) is 4.39.